The van der Waals surface area contributed by atoms with E-state index in [4.69, 9.17) is 9.47 Å². The Morgan fingerprint density at radius 1 is 1.18 bits per heavy atom. The SMILES string of the molecule is COc1ccc(/C=N/NC(=O)Cn2c(=O)c(C)nc3ccccc32)cc1OC. The van der Waals surface area contributed by atoms with Gasteiger partial charge in [0.2, 0.25) is 0 Å². The number of aryl methyl sites for hydroxylation is 1. The first kappa shape index (κ1) is 19.1. The van der Waals surface area contributed by atoms with Gasteiger partial charge in [0.15, 0.2) is 11.5 Å². The lowest BCUT2D eigenvalue weighted by molar-refractivity contribution is -0.121. The first-order chi connectivity index (χ1) is 13.5. The van der Waals surface area contributed by atoms with Crippen LogP contribution in [0, 0.1) is 6.92 Å². The van der Waals surface area contributed by atoms with E-state index in [1.165, 1.54) is 10.8 Å². The molecule has 0 aliphatic carbocycles. The predicted molar refractivity (Wildman–Crippen MR) is 106 cm³/mol. The van der Waals surface area contributed by atoms with E-state index in [2.05, 4.69) is 15.5 Å². The van der Waals surface area contributed by atoms with Crippen LogP contribution in [0.15, 0.2) is 52.4 Å². The number of carbonyl (C=O) groups excluding carboxylic acids is 1. The van der Waals surface area contributed by atoms with E-state index in [1.54, 1.807) is 57.5 Å². The number of hydrazone groups is 1. The van der Waals surface area contributed by atoms with Gasteiger partial charge in [-0.25, -0.2) is 10.4 Å². The van der Waals surface area contributed by atoms with E-state index in [1.807, 2.05) is 6.07 Å². The molecule has 0 bridgehead atoms. The van der Waals surface area contributed by atoms with Crippen molar-refractivity contribution >= 4 is 23.2 Å². The van der Waals surface area contributed by atoms with Crippen LogP contribution in [-0.4, -0.2) is 35.9 Å². The van der Waals surface area contributed by atoms with Gasteiger partial charge in [-0.3, -0.25) is 14.2 Å². The van der Waals surface area contributed by atoms with Crippen molar-refractivity contribution in [2.45, 2.75) is 13.5 Å². The third-order valence-corrected chi connectivity index (χ3v) is 4.13. The van der Waals surface area contributed by atoms with Crippen LogP contribution in [-0.2, 0) is 11.3 Å². The van der Waals surface area contributed by atoms with Crippen LogP contribution in [0.25, 0.3) is 11.0 Å². The molecule has 0 saturated heterocycles. The summed E-state index contributed by atoms with van der Waals surface area (Å²) in [6.45, 7) is 1.46. The summed E-state index contributed by atoms with van der Waals surface area (Å²) < 4.78 is 11.8. The first-order valence-corrected chi connectivity index (χ1v) is 8.53. The second-order valence-corrected chi connectivity index (χ2v) is 5.98. The van der Waals surface area contributed by atoms with E-state index in [-0.39, 0.29) is 12.1 Å². The molecular weight excluding hydrogens is 360 g/mol. The molecule has 3 rings (SSSR count). The molecule has 28 heavy (non-hydrogen) atoms. The molecule has 8 nitrogen and oxygen atoms in total. The Morgan fingerprint density at radius 3 is 2.68 bits per heavy atom. The molecule has 0 aliphatic heterocycles. The first-order valence-electron chi connectivity index (χ1n) is 8.53. The zero-order valence-corrected chi connectivity index (χ0v) is 15.8. The molecule has 3 aromatic rings. The van der Waals surface area contributed by atoms with Gasteiger partial charge >= 0.3 is 0 Å². The largest absolute Gasteiger partial charge is 0.493 e. The van der Waals surface area contributed by atoms with Gasteiger partial charge in [-0.1, -0.05) is 12.1 Å². The zero-order chi connectivity index (χ0) is 20.1. The van der Waals surface area contributed by atoms with E-state index in [9.17, 15) is 9.59 Å². The number of methoxy groups -OCH3 is 2. The van der Waals surface area contributed by atoms with Crippen molar-refractivity contribution in [3.63, 3.8) is 0 Å². The molecule has 1 aromatic heterocycles. The average Bonchev–Trinajstić information content (AvgIpc) is 2.71. The number of benzene rings is 2. The van der Waals surface area contributed by atoms with Gasteiger partial charge in [-0.2, -0.15) is 5.10 Å². The van der Waals surface area contributed by atoms with E-state index >= 15 is 0 Å². The lowest BCUT2D eigenvalue weighted by atomic mass is 10.2. The highest BCUT2D eigenvalue weighted by Gasteiger charge is 2.11. The molecule has 0 fully saturated rings. The van der Waals surface area contributed by atoms with Crippen LogP contribution in [0.1, 0.15) is 11.3 Å². The van der Waals surface area contributed by atoms with Gasteiger partial charge < -0.3 is 9.47 Å². The number of hydrogen-bond donors (Lipinski definition) is 1. The maximum Gasteiger partial charge on any atom is 0.272 e. The van der Waals surface area contributed by atoms with Crippen molar-refractivity contribution in [1.29, 1.82) is 0 Å². The Morgan fingerprint density at radius 2 is 1.93 bits per heavy atom. The van der Waals surface area contributed by atoms with Gasteiger partial charge in [-0.15, -0.1) is 0 Å². The fourth-order valence-corrected chi connectivity index (χ4v) is 2.77. The Hall–Kier alpha value is -3.68. The predicted octanol–water partition coefficient (Wildman–Crippen LogP) is 1.87. The van der Waals surface area contributed by atoms with Crippen LogP contribution < -0.4 is 20.5 Å². The van der Waals surface area contributed by atoms with Crippen molar-refractivity contribution < 1.29 is 14.3 Å². The van der Waals surface area contributed by atoms with Gasteiger partial charge in [0, 0.05) is 0 Å². The summed E-state index contributed by atoms with van der Waals surface area (Å²) in [5.41, 5.74) is 4.43. The topological polar surface area (TPSA) is 94.8 Å². The number of hydrogen-bond acceptors (Lipinski definition) is 6. The minimum absolute atomic E-state index is 0.161. The van der Waals surface area contributed by atoms with Crippen LogP contribution in [0.3, 0.4) is 0 Å². The Bertz CT molecular complexity index is 1110. The molecule has 1 N–H and O–H groups in total. The summed E-state index contributed by atoms with van der Waals surface area (Å²) in [5.74, 6) is 0.737. The highest BCUT2D eigenvalue weighted by Crippen LogP contribution is 2.26. The number of carbonyl (C=O) groups is 1. The fourth-order valence-electron chi connectivity index (χ4n) is 2.77. The summed E-state index contributed by atoms with van der Waals surface area (Å²) in [7, 11) is 3.09. The van der Waals surface area contributed by atoms with E-state index in [0.29, 0.717) is 28.2 Å². The summed E-state index contributed by atoms with van der Waals surface area (Å²) in [6, 6.07) is 12.4. The normalized spacial score (nSPS) is 11.0. The molecule has 1 amide bonds. The van der Waals surface area contributed by atoms with Crippen molar-refractivity contribution in [1.82, 2.24) is 15.0 Å². The lowest BCUT2D eigenvalue weighted by Crippen LogP contribution is -2.31. The van der Waals surface area contributed by atoms with Gasteiger partial charge in [0.05, 0.1) is 31.5 Å². The third kappa shape index (κ3) is 4.01. The summed E-state index contributed by atoms with van der Waals surface area (Å²) in [5, 5.41) is 3.95. The molecule has 0 radical (unpaired) electrons. The highest BCUT2D eigenvalue weighted by atomic mass is 16.5. The molecule has 0 atom stereocenters. The summed E-state index contributed by atoms with van der Waals surface area (Å²) in [6.07, 6.45) is 1.48. The number of amides is 1. The highest BCUT2D eigenvalue weighted by molar-refractivity contribution is 5.84. The molecule has 8 heteroatoms. The Balaban J connectivity index is 1.75. The quantitative estimate of drug-likeness (QED) is 0.520. The van der Waals surface area contributed by atoms with Gasteiger partial charge in [-0.05, 0) is 42.8 Å². The van der Waals surface area contributed by atoms with Crippen LogP contribution >= 0.6 is 0 Å². The lowest BCUT2D eigenvalue weighted by Gasteiger charge is -2.10. The summed E-state index contributed by atoms with van der Waals surface area (Å²) in [4.78, 5) is 28.9. The number of nitrogens with one attached hydrogen (secondary N) is 1. The fraction of sp³-hybridized carbons (Fsp3) is 0.200. The molecule has 0 aliphatic rings. The molecule has 144 valence electrons. The number of aromatic nitrogens is 2. The van der Waals surface area contributed by atoms with E-state index in [0.717, 1.165) is 5.56 Å². The maximum atomic E-state index is 12.4. The number of nitrogens with zero attached hydrogens (tertiary/aromatic N) is 3. The van der Waals surface area contributed by atoms with Crippen molar-refractivity contribution in [3.05, 3.63) is 64.1 Å². The van der Waals surface area contributed by atoms with Gasteiger partial charge in [0.25, 0.3) is 11.5 Å². The number of ether oxygens (including phenoxy) is 2. The Kier molecular flexibility index (Phi) is 5.69. The molecule has 2 aromatic carbocycles. The second-order valence-electron chi connectivity index (χ2n) is 5.98. The number of para-hydroxylation sites is 2. The van der Waals surface area contributed by atoms with E-state index < -0.39 is 5.91 Å². The third-order valence-electron chi connectivity index (χ3n) is 4.13. The van der Waals surface area contributed by atoms with Crippen LogP contribution in [0.4, 0.5) is 0 Å². The molecular formula is C20H20N4O4. The monoisotopic (exact) mass is 380 g/mol. The zero-order valence-electron chi connectivity index (χ0n) is 15.8. The smallest absolute Gasteiger partial charge is 0.272 e. The van der Waals surface area contributed by atoms with Crippen LogP contribution in [0.2, 0.25) is 0 Å². The minimum Gasteiger partial charge on any atom is -0.493 e. The van der Waals surface area contributed by atoms with Gasteiger partial charge in [0.1, 0.15) is 12.2 Å². The number of fused-ring (bicyclic) bond motifs is 1. The summed E-state index contributed by atoms with van der Waals surface area (Å²) >= 11 is 0. The molecule has 1 heterocycles. The van der Waals surface area contributed by atoms with Crippen molar-refractivity contribution in [3.8, 4) is 11.5 Å². The van der Waals surface area contributed by atoms with Crippen molar-refractivity contribution in [2.75, 3.05) is 14.2 Å². The maximum absolute atomic E-state index is 12.4. The number of rotatable bonds is 6. The van der Waals surface area contributed by atoms with Crippen LogP contribution in [0.5, 0.6) is 11.5 Å². The Labute approximate surface area is 161 Å². The standard InChI is InChI=1S/C20H20N4O4/c1-13-20(26)24(16-7-5-4-6-15(16)22-13)12-19(25)23-21-11-14-8-9-17(27-2)18(10-14)28-3/h4-11H,12H2,1-3H3,(H,23,25)/b21-11+. The molecule has 0 unspecified atom stereocenters. The average molecular weight is 380 g/mol. The molecule has 0 spiro atoms. The van der Waals surface area contributed by atoms with Crippen molar-refractivity contribution in [2.24, 2.45) is 5.10 Å². The minimum atomic E-state index is -0.422. The molecule has 0 saturated carbocycles. The second kappa shape index (κ2) is 8.34.